The molecule has 2 atom stereocenters. The van der Waals surface area contributed by atoms with Gasteiger partial charge in [-0.05, 0) is 12.5 Å². The van der Waals surface area contributed by atoms with Gasteiger partial charge in [0.15, 0.2) is 0 Å². The van der Waals surface area contributed by atoms with E-state index in [1.54, 1.807) is 0 Å². The van der Waals surface area contributed by atoms with Gasteiger partial charge in [-0.2, -0.15) is 0 Å². The van der Waals surface area contributed by atoms with Gasteiger partial charge in [0.2, 0.25) is 0 Å². The van der Waals surface area contributed by atoms with E-state index in [-0.39, 0.29) is 0 Å². The number of carbonyl (C=O) groups excluding carboxylic acids is 1. The second-order valence-electron chi connectivity index (χ2n) is 7.76. The molecule has 1 rings (SSSR count). The fourth-order valence-electron chi connectivity index (χ4n) is 3.51. The number of aliphatic hydroxyl groups is 2. The summed E-state index contributed by atoms with van der Waals surface area (Å²) >= 11 is 0. The Balaban J connectivity index is 1.81. The van der Waals surface area contributed by atoms with Crippen molar-refractivity contribution >= 4 is 5.97 Å². The van der Waals surface area contributed by atoms with Crippen LogP contribution in [0.2, 0.25) is 0 Å². The van der Waals surface area contributed by atoms with Gasteiger partial charge in [-0.3, -0.25) is 0 Å². The van der Waals surface area contributed by atoms with E-state index >= 15 is 0 Å². The van der Waals surface area contributed by atoms with Gasteiger partial charge in [0.05, 0.1) is 0 Å². The molecule has 0 aliphatic carbocycles. The number of carbonyl (C=O) groups is 1. The van der Waals surface area contributed by atoms with Crippen molar-refractivity contribution in [1.29, 1.82) is 0 Å². The Bertz CT molecular complexity index is 394. The first kappa shape index (κ1) is 23.2. The third-order valence-electron chi connectivity index (χ3n) is 5.28. The number of hydrogen-bond acceptors (Lipinski definition) is 4. The number of unbranched alkanes of at least 4 members (excludes halogenated alkanes) is 14. The van der Waals surface area contributed by atoms with E-state index in [1.807, 2.05) is 0 Å². The minimum atomic E-state index is -1.81. The van der Waals surface area contributed by atoms with Crippen LogP contribution in [-0.2, 0) is 9.53 Å². The number of cyclic esters (lactones) is 1. The molecule has 0 amide bonds. The highest BCUT2D eigenvalue weighted by Crippen LogP contribution is 2.24. The summed E-state index contributed by atoms with van der Waals surface area (Å²) in [6.45, 7) is 2.26. The molecule has 4 heteroatoms. The molecule has 1 heterocycles. The van der Waals surface area contributed by atoms with Gasteiger partial charge in [0.25, 0.3) is 5.79 Å². The van der Waals surface area contributed by atoms with Gasteiger partial charge in [-0.25, -0.2) is 4.79 Å². The van der Waals surface area contributed by atoms with E-state index in [0.29, 0.717) is 6.42 Å². The van der Waals surface area contributed by atoms with E-state index in [2.05, 4.69) is 6.92 Å². The molecule has 26 heavy (non-hydrogen) atoms. The summed E-state index contributed by atoms with van der Waals surface area (Å²) in [4.78, 5) is 11.0. The van der Waals surface area contributed by atoms with Gasteiger partial charge in [-0.15, -0.1) is 0 Å². The maximum Gasteiger partial charge on any atom is 0.333 e. The second-order valence-corrected chi connectivity index (χ2v) is 7.76. The molecule has 0 spiro atoms. The van der Waals surface area contributed by atoms with Crippen LogP contribution >= 0.6 is 0 Å². The van der Waals surface area contributed by atoms with E-state index in [4.69, 9.17) is 4.74 Å². The van der Waals surface area contributed by atoms with Crippen LogP contribution in [-0.4, -0.2) is 28.1 Å². The predicted octanol–water partition coefficient (Wildman–Crippen LogP) is 5.41. The highest BCUT2D eigenvalue weighted by Gasteiger charge is 2.40. The van der Waals surface area contributed by atoms with Crippen LogP contribution < -0.4 is 0 Å². The van der Waals surface area contributed by atoms with Crippen molar-refractivity contribution in [1.82, 2.24) is 0 Å². The standard InChI is InChI=1S/C22H40O4/c1-2-3-4-5-6-7-8-9-10-11-12-13-14-15-16-17-20(23)22(25)19-18-21(24)26-22/h18-20,23,25H,2-17H2,1H3. The topological polar surface area (TPSA) is 66.8 Å². The van der Waals surface area contributed by atoms with Crippen LogP contribution in [0.3, 0.4) is 0 Å². The minimum Gasteiger partial charge on any atom is -0.423 e. The molecule has 2 N–H and O–H groups in total. The lowest BCUT2D eigenvalue weighted by atomic mass is 10.0. The number of rotatable bonds is 17. The molecule has 0 radical (unpaired) electrons. The van der Waals surface area contributed by atoms with Crippen LogP contribution in [0.5, 0.6) is 0 Å². The van der Waals surface area contributed by atoms with E-state index in [0.717, 1.165) is 25.3 Å². The van der Waals surface area contributed by atoms with Crippen molar-refractivity contribution < 1.29 is 19.7 Å². The summed E-state index contributed by atoms with van der Waals surface area (Å²) < 4.78 is 4.74. The van der Waals surface area contributed by atoms with Crippen LogP contribution in [0, 0.1) is 0 Å². The van der Waals surface area contributed by atoms with Gasteiger partial charge in [0, 0.05) is 6.08 Å². The average molecular weight is 369 g/mol. The molecular weight excluding hydrogens is 328 g/mol. The first-order valence-electron chi connectivity index (χ1n) is 10.9. The first-order valence-corrected chi connectivity index (χ1v) is 10.9. The van der Waals surface area contributed by atoms with Crippen molar-refractivity contribution in [2.45, 2.75) is 122 Å². The molecule has 0 fully saturated rings. The number of esters is 1. The third-order valence-corrected chi connectivity index (χ3v) is 5.28. The molecule has 1 aliphatic heterocycles. The van der Waals surface area contributed by atoms with Gasteiger partial charge < -0.3 is 14.9 Å². The fraction of sp³-hybridized carbons (Fsp3) is 0.864. The van der Waals surface area contributed by atoms with Crippen molar-refractivity contribution in [2.24, 2.45) is 0 Å². The Kier molecular flexibility index (Phi) is 12.7. The minimum absolute atomic E-state index is 0.451. The van der Waals surface area contributed by atoms with Crippen molar-refractivity contribution in [2.75, 3.05) is 0 Å². The van der Waals surface area contributed by atoms with Gasteiger partial charge in [0.1, 0.15) is 6.10 Å². The monoisotopic (exact) mass is 368 g/mol. The molecule has 0 saturated carbocycles. The van der Waals surface area contributed by atoms with E-state index in [1.165, 1.54) is 83.1 Å². The Morgan fingerprint density at radius 3 is 1.65 bits per heavy atom. The van der Waals surface area contributed by atoms with Crippen LogP contribution in [0.15, 0.2) is 12.2 Å². The lowest BCUT2D eigenvalue weighted by Gasteiger charge is -2.25. The van der Waals surface area contributed by atoms with Crippen LogP contribution in [0.4, 0.5) is 0 Å². The maximum atomic E-state index is 11.0. The highest BCUT2D eigenvalue weighted by molar-refractivity contribution is 5.85. The van der Waals surface area contributed by atoms with E-state index in [9.17, 15) is 15.0 Å². The predicted molar refractivity (Wildman–Crippen MR) is 106 cm³/mol. The molecule has 0 aromatic rings. The SMILES string of the molecule is CCCCCCCCCCCCCCCCCC(O)C1(O)C=CC(=O)O1. The lowest BCUT2D eigenvalue weighted by molar-refractivity contribution is -0.212. The van der Waals surface area contributed by atoms with Crippen LogP contribution in [0.25, 0.3) is 0 Å². The quantitative estimate of drug-likeness (QED) is 0.266. The smallest absolute Gasteiger partial charge is 0.333 e. The molecule has 152 valence electrons. The maximum absolute atomic E-state index is 11.0. The summed E-state index contributed by atoms with van der Waals surface area (Å²) in [6.07, 6.45) is 21.2. The van der Waals surface area contributed by atoms with Gasteiger partial charge in [-0.1, -0.05) is 103 Å². The summed E-state index contributed by atoms with van der Waals surface area (Å²) in [7, 11) is 0. The summed E-state index contributed by atoms with van der Waals surface area (Å²) in [5.74, 6) is -2.41. The third kappa shape index (κ3) is 10.3. The zero-order valence-electron chi connectivity index (χ0n) is 16.8. The average Bonchev–Trinajstić information content (AvgIpc) is 2.98. The first-order chi connectivity index (χ1) is 12.6. The number of aliphatic hydroxyl groups excluding tert-OH is 1. The zero-order valence-corrected chi connectivity index (χ0v) is 16.8. The second kappa shape index (κ2) is 14.2. The fourth-order valence-corrected chi connectivity index (χ4v) is 3.51. The Morgan fingerprint density at radius 1 is 0.846 bits per heavy atom. The highest BCUT2D eigenvalue weighted by atomic mass is 16.7. The molecule has 0 saturated heterocycles. The largest absolute Gasteiger partial charge is 0.423 e. The molecule has 0 bridgehead atoms. The summed E-state index contributed by atoms with van der Waals surface area (Å²) in [5.41, 5.74) is 0. The number of hydrogen-bond donors (Lipinski definition) is 2. The Labute approximate surface area is 160 Å². The Morgan fingerprint density at radius 2 is 1.27 bits per heavy atom. The molecule has 0 aromatic heterocycles. The number of ether oxygens (including phenoxy) is 1. The van der Waals surface area contributed by atoms with Crippen molar-refractivity contribution in [3.63, 3.8) is 0 Å². The summed E-state index contributed by atoms with van der Waals surface area (Å²) in [6, 6.07) is 0. The van der Waals surface area contributed by atoms with Crippen LogP contribution in [0.1, 0.15) is 110 Å². The molecule has 4 nitrogen and oxygen atoms in total. The Hall–Kier alpha value is -0.870. The molecule has 1 aliphatic rings. The van der Waals surface area contributed by atoms with Crippen molar-refractivity contribution in [3.8, 4) is 0 Å². The molecule has 0 aromatic carbocycles. The normalized spacial score (nSPS) is 20.5. The van der Waals surface area contributed by atoms with Gasteiger partial charge >= 0.3 is 5.97 Å². The van der Waals surface area contributed by atoms with E-state index < -0.39 is 17.9 Å². The zero-order chi connectivity index (χ0) is 19.1. The van der Waals surface area contributed by atoms with Crippen molar-refractivity contribution in [3.05, 3.63) is 12.2 Å². The summed E-state index contributed by atoms with van der Waals surface area (Å²) in [5, 5.41) is 19.9. The molecule has 2 unspecified atom stereocenters. The molecular formula is C22H40O4. The lowest BCUT2D eigenvalue weighted by Crippen LogP contribution is -2.41.